The lowest BCUT2D eigenvalue weighted by molar-refractivity contribution is -0.139. The number of fused-ring (bicyclic) bond motifs is 1. The molecule has 2 aromatic carbocycles. The Balaban J connectivity index is 2.03. The number of benzene rings is 2. The topological polar surface area (TPSA) is 84.4 Å². The Kier molecular flexibility index (Phi) is 4.57. The summed E-state index contributed by atoms with van der Waals surface area (Å²) in [5.41, 5.74) is 2.47. The number of nitrogens with zero attached hydrogens (tertiary/aromatic N) is 1. The van der Waals surface area contributed by atoms with E-state index >= 15 is 0 Å². The predicted octanol–water partition coefficient (Wildman–Crippen LogP) is 3.75. The molecule has 24 heavy (non-hydrogen) atoms. The molecular weight excluding hydrogens is 332 g/mol. The van der Waals surface area contributed by atoms with Gasteiger partial charge < -0.3 is 19.6 Å². The van der Waals surface area contributed by atoms with Gasteiger partial charge in [-0.2, -0.15) is 0 Å². The molecule has 1 heterocycles. The molecule has 0 spiro atoms. The van der Waals surface area contributed by atoms with Crippen molar-refractivity contribution in [3.63, 3.8) is 0 Å². The Morgan fingerprint density at radius 2 is 2.08 bits per heavy atom. The van der Waals surface area contributed by atoms with E-state index < -0.39 is 12.6 Å². The second kappa shape index (κ2) is 6.80. The SMILES string of the molecule is CCOc1cc(-c2nc3ccccc3[nH]2)cc(Cl)c1OCC(=O)O. The van der Waals surface area contributed by atoms with Crippen LogP contribution in [0.2, 0.25) is 5.02 Å². The fourth-order valence-electron chi connectivity index (χ4n) is 2.33. The van der Waals surface area contributed by atoms with E-state index in [-0.39, 0.29) is 10.8 Å². The summed E-state index contributed by atoms with van der Waals surface area (Å²) in [7, 11) is 0. The molecule has 0 aliphatic heterocycles. The van der Waals surface area contributed by atoms with Crippen molar-refractivity contribution < 1.29 is 19.4 Å². The highest BCUT2D eigenvalue weighted by atomic mass is 35.5. The van der Waals surface area contributed by atoms with Crippen LogP contribution in [0.5, 0.6) is 11.5 Å². The minimum Gasteiger partial charge on any atom is -0.490 e. The first-order valence-corrected chi connectivity index (χ1v) is 7.72. The van der Waals surface area contributed by atoms with E-state index in [9.17, 15) is 4.79 Å². The molecule has 0 fully saturated rings. The number of nitrogens with one attached hydrogen (secondary N) is 1. The second-order valence-corrected chi connectivity index (χ2v) is 5.41. The zero-order valence-corrected chi connectivity index (χ0v) is 13.6. The standard InChI is InChI=1S/C17H15ClN2O4/c1-2-23-14-8-10(7-11(18)16(14)24-9-15(21)22)17-19-12-5-3-4-6-13(12)20-17/h3-8H,2,9H2,1H3,(H,19,20)(H,21,22). The van der Waals surface area contributed by atoms with Gasteiger partial charge in [0.1, 0.15) is 5.82 Å². The Morgan fingerprint density at radius 3 is 2.79 bits per heavy atom. The molecule has 0 atom stereocenters. The maximum atomic E-state index is 10.7. The maximum Gasteiger partial charge on any atom is 0.341 e. The van der Waals surface area contributed by atoms with E-state index in [1.807, 2.05) is 31.2 Å². The van der Waals surface area contributed by atoms with Gasteiger partial charge in [-0.15, -0.1) is 0 Å². The quantitative estimate of drug-likeness (QED) is 0.710. The first-order chi connectivity index (χ1) is 11.6. The van der Waals surface area contributed by atoms with Gasteiger partial charge in [-0.3, -0.25) is 0 Å². The highest BCUT2D eigenvalue weighted by Gasteiger charge is 2.16. The van der Waals surface area contributed by atoms with Crippen molar-refractivity contribution in [3.05, 3.63) is 41.4 Å². The number of para-hydroxylation sites is 2. The molecule has 0 saturated carbocycles. The Labute approximate surface area is 143 Å². The smallest absolute Gasteiger partial charge is 0.341 e. The maximum absolute atomic E-state index is 10.7. The van der Waals surface area contributed by atoms with Crippen molar-refractivity contribution in [3.8, 4) is 22.9 Å². The van der Waals surface area contributed by atoms with E-state index in [1.54, 1.807) is 12.1 Å². The summed E-state index contributed by atoms with van der Waals surface area (Å²) in [5.74, 6) is 0.140. The number of hydrogen-bond acceptors (Lipinski definition) is 4. The number of halogens is 1. The highest BCUT2D eigenvalue weighted by molar-refractivity contribution is 6.32. The first kappa shape index (κ1) is 16.1. The molecule has 3 rings (SSSR count). The number of aliphatic carboxylic acids is 1. The lowest BCUT2D eigenvalue weighted by Crippen LogP contribution is -2.10. The molecule has 0 amide bonds. The van der Waals surface area contributed by atoms with Gasteiger partial charge >= 0.3 is 5.97 Å². The van der Waals surface area contributed by atoms with Gasteiger partial charge in [-0.1, -0.05) is 23.7 Å². The Hall–Kier alpha value is -2.73. The van der Waals surface area contributed by atoms with Crippen LogP contribution in [0.15, 0.2) is 36.4 Å². The van der Waals surface area contributed by atoms with Crippen molar-refractivity contribution in [1.82, 2.24) is 9.97 Å². The van der Waals surface area contributed by atoms with E-state index in [0.29, 0.717) is 18.2 Å². The second-order valence-electron chi connectivity index (χ2n) is 5.00. The van der Waals surface area contributed by atoms with Crippen LogP contribution in [0.1, 0.15) is 6.92 Å². The van der Waals surface area contributed by atoms with Gasteiger partial charge in [-0.05, 0) is 31.2 Å². The minimum absolute atomic E-state index is 0.209. The van der Waals surface area contributed by atoms with Gasteiger partial charge in [-0.25, -0.2) is 9.78 Å². The lowest BCUT2D eigenvalue weighted by Gasteiger charge is -2.13. The number of carbonyl (C=O) groups is 1. The van der Waals surface area contributed by atoms with Crippen LogP contribution in [0.3, 0.4) is 0 Å². The molecule has 0 unspecified atom stereocenters. The summed E-state index contributed by atoms with van der Waals surface area (Å²) in [6.07, 6.45) is 0. The van der Waals surface area contributed by atoms with E-state index in [1.165, 1.54) is 0 Å². The number of aromatic nitrogens is 2. The summed E-state index contributed by atoms with van der Waals surface area (Å²) in [5, 5.41) is 9.04. The van der Waals surface area contributed by atoms with E-state index in [4.69, 9.17) is 26.2 Å². The molecule has 1 aromatic heterocycles. The molecule has 2 N–H and O–H groups in total. The van der Waals surface area contributed by atoms with Crippen molar-refractivity contribution in [2.45, 2.75) is 6.92 Å². The number of hydrogen-bond donors (Lipinski definition) is 2. The number of rotatable bonds is 6. The van der Waals surface area contributed by atoms with Crippen LogP contribution >= 0.6 is 11.6 Å². The molecular formula is C17H15ClN2O4. The summed E-state index contributed by atoms with van der Waals surface area (Å²) in [4.78, 5) is 18.5. The lowest BCUT2D eigenvalue weighted by atomic mass is 10.2. The van der Waals surface area contributed by atoms with Crippen LogP contribution < -0.4 is 9.47 Å². The third kappa shape index (κ3) is 3.28. The predicted molar refractivity (Wildman–Crippen MR) is 90.8 cm³/mol. The molecule has 0 aliphatic rings. The number of carboxylic acids is 1. The van der Waals surface area contributed by atoms with Crippen LogP contribution in [0.4, 0.5) is 0 Å². The number of aromatic amines is 1. The molecule has 7 heteroatoms. The van der Waals surface area contributed by atoms with Crippen molar-refractivity contribution >= 4 is 28.6 Å². The van der Waals surface area contributed by atoms with Gasteiger partial charge in [0.25, 0.3) is 0 Å². The third-order valence-electron chi connectivity index (χ3n) is 3.31. The monoisotopic (exact) mass is 346 g/mol. The van der Waals surface area contributed by atoms with Gasteiger partial charge in [0.15, 0.2) is 18.1 Å². The summed E-state index contributed by atoms with van der Waals surface area (Å²) in [6.45, 7) is 1.72. The van der Waals surface area contributed by atoms with Crippen LogP contribution in [0.25, 0.3) is 22.4 Å². The molecule has 6 nitrogen and oxygen atoms in total. The Morgan fingerprint density at radius 1 is 1.29 bits per heavy atom. The molecule has 0 saturated heterocycles. The van der Waals surface area contributed by atoms with E-state index in [0.717, 1.165) is 16.6 Å². The number of carboxylic acid groups (broad SMARTS) is 1. The Bertz CT molecular complexity index is 858. The third-order valence-corrected chi connectivity index (χ3v) is 3.59. The molecule has 0 radical (unpaired) electrons. The van der Waals surface area contributed by atoms with Crippen molar-refractivity contribution in [2.75, 3.05) is 13.2 Å². The number of H-pyrrole nitrogens is 1. The zero-order chi connectivity index (χ0) is 17.1. The van der Waals surface area contributed by atoms with Crippen LogP contribution in [-0.4, -0.2) is 34.3 Å². The summed E-state index contributed by atoms with van der Waals surface area (Å²) in [6, 6.07) is 11.1. The normalized spacial score (nSPS) is 10.8. The van der Waals surface area contributed by atoms with Crippen molar-refractivity contribution in [1.29, 1.82) is 0 Å². The molecule has 0 aliphatic carbocycles. The van der Waals surface area contributed by atoms with Gasteiger partial charge in [0.2, 0.25) is 0 Å². The van der Waals surface area contributed by atoms with Crippen LogP contribution in [0, 0.1) is 0 Å². The minimum atomic E-state index is -1.09. The van der Waals surface area contributed by atoms with Crippen LogP contribution in [-0.2, 0) is 4.79 Å². The summed E-state index contributed by atoms with van der Waals surface area (Å²) < 4.78 is 10.8. The number of imidazole rings is 1. The molecule has 124 valence electrons. The summed E-state index contributed by atoms with van der Waals surface area (Å²) >= 11 is 6.26. The van der Waals surface area contributed by atoms with Gasteiger partial charge in [0.05, 0.1) is 22.7 Å². The zero-order valence-electron chi connectivity index (χ0n) is 12.9. The average Bonchev–Trinajstić information content (AvgIpc) is 2.98. The largest absolute Gasteiger partial charge is 0.490 e. The fraction of sp³-hybridized carbons (Fsp3) is 0.176. The first-order valence-electron chi connectivity index (χ1n) is 7.34. The fourth-order valence-corrected chi connectivity index (χ4v) is 2.60. The van der Waals surface area contributed by atoms with Crippen molar-refractivity contribution in [2.24, 2.45) is 0 Å². The van der Waals surface area contributed by atoms with Gasteiger partial charge in [0, 0.05) is 5.56 Å². The number of ether oxygens (including phenoxy) is 2. The average molecular weight is 347 g/mol. The molecule has 3 aromatic rings. The molecule has 0 bridgehead atoms. The van der Waals surface area contributed by atoms with E-state index in [2.05, 4.69) is 9.97 Å². The highest BCUT2D eigenvalue weighted by Crippen LogP contribution is 2.39.